The van der Waals surface area contributed by atoms with Gasteiger partial charge in [-0.15, -0.1) is 34.0 Å². The average molecular weight is 1840 g/mol. The SMILES string of the molecule is COC(=O)C1CC=C(c2cnc(-c3ccc(C[C@H](NC(=O)c4ccc(C(C)(C)C)s4)C(=O)N[C@H](C)C(=O)O)cc3)nc2)CC1.C[C@@H](NC(=O)[C@H](Cc1ccc(-c2ncc(C3=CCC(NC(=O)OC(C)(C)C)CC3)cn2)cc1)NC(=O)c1ccc(C(C)(C)C)s1)C(=O)O.C[C@@H](NC(=O)[C@H](Cc1ccc(-c2ncc(C3=CCCC3)cn2)cc1)NC(=O)c1ccc(C(C)(C)C)s1)C(=O)O. The Hall–Kier alpha value is -12.8. The van der Waals surface area contributed by atoms with Crippen molar-refractivity contribution in [3.8, 4) is 34.2 Å². The van der Waals surface area contributed by atoms with Crippen LogP contribution in [0.25, 0.3) is 50.9 Å². The molecular formula is C99H117N13O16S3. The smallest absolute Gasteiger partial charge is 0.407 e. The van der Waals surface area contributed by atoms with E-state index in [1.54, 1.807) is 43.0 Å². The van der Waals surface area contributed by atoms with Crippen molar-refractivity contribution in [2.75, 3.05) is 7.11 Å². The molecular weight excluding hydrogens is 1720 g/mol. The van der Waals surface area contributed by atoms with E-state index in [1.165, 1.54) is 73.9 Å². The number of benzene rings is 3. The van der Waals surface area contributed by atoms with Gasteiger partial charge in [0.2, 0.25) is 17.7 Å². The number of carboxylic acids is 3. The van der Waals surface area contributed by atoms with Crippen molar-refractivity contribution in [2.45, 2.75) is 245 Å². The highest BCUT2D eigenvalue weighted by Crippen LogP contribution is 2.36. The number of rotatable bonds is 29. The topological polar surface area (TPSA) is 428 Å². The predicted molar refractivity (Wildman–Crippen MR) is 506 cm³/mol. The normalized spacial score (nSPS) is 15.8. The molecule has 9 aromatic rings. The van der Waals surface area contributed by atoms with Gasteiger partial charge in [-0.05, 0) is 185 Å². The fourth-order valence-electron chi connectivity index (χ4n) is 14.1. The lowest BCUT2D eigenvalue weighted by Gasteiger charge is -2.25. The van der Waals surface area contributed by atoms with E-state index in [0.717, 1.165) is 114 Å². The van der Waals surface area contributed by atoms with Crippen molar-refractivity contribution in [2.24, 2.45) is 5.92 Å². The lowest BCUT2D eigenvalue weighted by atomic mass is 9.87. The van der Waals surface area contributed by atoms with Gasteiger partial charge >= 0.3 is 30.0 Å². The van der Waals surface area contributed by atoms with Gasteiger partial charge in [-0.3, -0.25) is 47.9 Å². The standard InChI is InChI=1S/C36H45N5O6S.C33H38N4O6S.C30H34N4O4S/c1-21(33(44)45)39-31(42)27(41-32(43)28-16-17-29(48-28)35(2,3)4)18-22-8-10-24(11-9-22)30-37-19-25(20-38-30)23-12-14-26(15-13-23)40-34(46)47-36(5,6)7;1-19(31(40)41)36-29(38)25(37-30(39)26-14-15-27(44-26)33(2,3)4)16-20-6-8-22(9-7-20)28-34-17-24(18-35-28)21-10-12-23(13-11-21)32(42)43-5;1-18(29(37)38)33-27(35)23(34-28(36)24-13-14-25(39-24)30(2,3)4)15-19-9-11-21(12-10-19)26-31-16-22(17-32-26)20-7-5-6-8-20/h8-12,16-17,19-21,26-27H,13-15,18H2,1-7H3,(H,39,42)(H,40,46)(H,41,43)(H,44,45);6-10,14-15,17-19,23,25H,11-13,16H2,1-5H3,(H,36,38)(H,37,39)(H,40,41);7,9-14,16-18,23H,5-6,8,15H2,1-4H3,(H,33,35)(H,34,36)(H,37,38)/t21-,26?,27+;19-,23?,25+;18-,23+/m111/s1. The fourth-order valence-corrected chi connectivity index (χ4v) is 17.1. The van der Waals surface area contributed by atoms with Crippen LogP contribution in [0.4, 0.5) is 4.79 Å². The highest BCUT2D eigenvalue weighted by molar-refractivity contribution is 7.14. The predicted octanol–water partition coefficient (Wildman–Crippen LogP) is 15.7. The minimum Gasteiger partial charge on any atom is -0.480 e. The summed E-state index contributed by atoms with van der Waals surface area (Å²) >= 11 is 4.11. The first-order valence-corrected chi connectivity index (χ1v) is 46.0. The van der Waals surface area contributed by atoms with Crippen LogP contribution in [0.5, 0.6) is 0 Å². The van der Waals surface area contributed by atoms with Crippen LogP contribution in [-0.4, -0.2) is 166 Å². The quantitative estimate of drug-likeness (QED) is 0.0195. The molecule has 6 aromatic heterocycles. The molecule has 3 aromatic carbocycles. The first kappa shape index (κ1) is 100. The maximum absolute atomic E-state index is 13.2. The van der Waals surface area contributed by atoms with Gasteiger partial charge in [0.05, 0.1) is 27.7 Å². The molecule has 3 aliphatic rings. The molecule has 12 rings (SSSR count). The monoisotopic (exact) mass is 1840 g/mol. The molecule has 10 N–H and O–H groups in total. The van der Waals surface area contributed by atoms with Crippen molar-refractivity contribution in [1.82, 2.24) is 67.1 Å². The van der Waals surface area contributed by atoms with E-state index in [1.807, 2.05) is 130 Å². The van der Waals surface area contributed by atoms with Crippen molar-refractivity contribution < 1.29 is 77.5 Å². The zero-order valence-electron chi connectivity index (χ0n) is 76.7. The van der Waals surface area contributed by atoms with Gasteiger partial charge < -0.3 is 62.0 Å². The number of carbonyl (C=O) groups is 11. The number of carbonyl (C=O) groups excluding carboxylic acids is 8. The molecule has 2 unspecified atom stereocenters. The number of esters is 1. The Morgan fingerprint density at radius 2 is 0.710 bits per heavy atom. The second kappa shape index (κ2) is 44.7. The van der Waals surface area contributed by atoms with Gasteiger partial charge in [0.15, 0.2) is 17.5 Å². The van der Waals surface area contributed by atoms with Gasteiger partial charge in [-0.25, -0.2) is 34.7 Å². The first-order chi connectivity index (χ1) is 61.8. The molecule has 692 valence electrons. The molecule has 131 heavy (non-hydrogen) atoms. The van der Waals surface area contributed by atoms with E-state index in [9.17, 15) is 68.1 Å². The number of hydrogen-bond acceptors (Lipinski definition) is 22. The summed E-state index contributed by atoms with van der Waals surface area (Å²) in [4.78, 5) is 168. The number of carboxylic acid groups (broad SMARTS) is 3. The van der Waals surface area contributed by atoms with Gasteiger partial charge in [0, 0.05) is 110 Å². The molecule has 0 bridgehead atoms. The lowest BCUT2D eigenvalue weighted by Crippen LogP contribution is -2.51. The van der Waals surface area contributed by atoms with E-state index in [-0.39, 0.29) is 59.3 Å². The Kier molecular flexibility index (Phi) is 34.2. The molecule has 0 aliphatic heterocycles. The molecule has 7 amide bonds. The highest BCUT2D eigenvalue weighted by atomic mass is 32.1. The van der Waals surface area contributed by atoms with Crippen LogP contribution in [0.15, 0.2) is 165 Å². The number of alkyl carbamates (subject to hydrolysis) is 1. The Bertz CT molecular complexity index is 5660. The Morgan fingerprint density at radius 1 is 0.397 bits per heavy atom. The second-order valence-electron chi connectivity index (χ2n) is 36.8. The fraction of sp³-hybridized carbons (Fsp3) is 0.404. The van der Waals surface area contributed by atoms with E-state index in [0.29, 0.717) is 44.9 Å². The molecule has 0 fully saturated rings. The van der Waals surface area contributed by atoms with E-state index in [2.05, 4.69) is 142 Å². The number of allylic oxidation sites excluding steroid dienone is 5. The third kappa shape index (κ3) is 29.3. The summed E-state index contributed by atoms with van der Waals surface area (Å²) in [7, 11) is 1.41. The lowest BCUT2D eigenvalue weighted by molar-refractivity contribution is -0.145. The van der Waals surface area contributed by atoms with Crippen LogP contribution in [0.2, 0.25) is 0 Å². The summed E-state index contributed by atoms with van der Waals surface area (Å²) in [6, 6.07) is 26.9. The largest absolute Gasteiger partial charge is 0.480 e. The molecule has 0 radical (unpaired) electrons. The van der Waals surface area contributed by atoms with E-state index >= 15 is 0 Å². The Labute approximate surface area is 775 Å². The minimum atomic E-state index is -1.17. The Morgan fingerprint density at radius 3 is 0.962 bits per heavy atom. The number of methoxy groups -OCH3 is 1. The number of ether oxygens (including phenoxy) is 2. The van der Waals surface area contributed by atoms with Crippen molar-refractivity contribution in [3.63, 3.8) is 0 Å². The summed E-state index contributed by atoms with van der Waals surface area (Å²) in [5.74, 6) is -5.00. The second-order valence-corrected chi connectivity index (χ2v) is 40.1. The third-order valence-corrected chi connectivity index (χ3v) is 26.4. The minimum absolute atomic E-state index is 0.0129. The molecule has 6 heterocycles. The summed E-state index contributed by atoms with van der Waals surface area (Å²) in [5.41, 5.74) is 10.2. The van der Waals surface area contributed by atoms with Crippen LogP contribution in [-0.2, 0) is 78.5 Å². The number of thiophene rings is 3. The van der Waals surface area contributed by atoms with Crippen molar-refractivity contribution >= 4 is 116 Å². The maximum atomic E-state index is 13.2. The zero-order valence-corrected chi connectivity index (χ0v) is 79.2. The zero-order chi connectivity index (χ0) is 95.4. The molecule has 0 saturated heterocycles. The molecule has 0 saturated carbocycles. The van der Waals surface area contributed by atoms with Crippen LogP contribution in [0.3, 0.4) is 0 Å². The summed E-state index contributed by atoms with van der Waals surface area (Å²) in [6.07, 6.45) is 25.0. The number of amides is 7. The van der Waals surface area contributed by atoms with Crippen molar-refractivity contribution in [1.29, 1.82) is 0 Å². The van der Waals surface area contributed by atoms with Gasteiger partial charge in [0.25, 0.3) is 17.7 Å². The molecule has 3 aliphatic carbocycles. The summed E-state index contributed by atoms with van der Waals surface area (Å²) in [5, 5.41) is 46.6. The van der Waals surface area contributed by atoms with Crippen LogP contribution < -0.4 is 37.2 Å². The number of aliphatic carboxylic acids is 3. The van der Waals surface area contributed by atoms with Gasteiger partial charge in [0.1, 0.15) is 41.9 Å². The average Bonchev–Trinajstić information content (AvgIpc) is 1.61. The van der Waals surface area contributed by atoms with Crippen LogP contribution >= 0.6 is 34.0 Å². The summed E-state index contributed by atoms with van der Waals surface area (Å²) < 4.78 is 10.2. The van der Waals surface area contributed by atoms with Gasteiger partial charge in [-0.2, -0.15) is 0 Å². The molecule has 32 heteroatoms. The van der Waals surface area contributed by atoms with Crippen LogP contribution in [0, 0.1) is 5.92 Å². The van der Waals surface area contributed by atoms with E-state index < -0.39 is 95.4 Å². The molecule has 8 atom stereocenters. The first-order valence-electron chi connectivity index (χ1n) is 43.6. The van der Waals surface area contributed by atoms with Crippen LogP contribution in [0.1, 0.15) is 239 Å². The van der Waals surface area contributed by atoms with Crippen molar-refractivity contribution in [3.05, 3.63) is 227 Å². The molecule has 29 nitrogen and oxygen atoms in total. The van der Waals surface area contributed by atoms with E-state index in [4.69, 9.17) is 9.47 Å². The number of hydrogen-bond donors (Lipinski definition) is 10. The Balaban J connectivity index is 0.000000205. The maximum Gasteiger partial charge on any atom is 0.407 e. The number of nitrogens with one attached hydrogen (secondary N) is 7. The summed E-state index contributed by atoms with van der Waals surface area (Å²) in [6.45, 7) is 28.2. The number of nitrogens with zero attached hydrogens (tertiary/aromatic N) is 6. The molecule has 0 spiro atoms. The van der Waals surface area contributed by atoms with Gasteiger partial charge in [-0.1, -0.05) is 153 Å². The third-order valence-electron chi connectivity index (χ3n) is 21.9. The number of aromatic nitrogens is 6. The highest BCUT2D eigenvalue weighted by Gasteiger charge is 2.33.